The quantitative estimate of drug-likeness (QED) is 0.625. The summed E-state index contributed by atoms with van der Waals surface area (Å²) in [6, 6.07) is 9.04. The summed E-state index contributed by atoms with van der Waals surface area (Å²) in [5, 5.41) is 20.4. The van der Waals surface area contributed by atoms with Crippen molar-refractivity contribution in [1.82, 2.24) is 9.55 Å². The molecular formula is C12H13N3O4. The van der Waals surface area contributed by atoms with E-state index in [1.165, 1.54) is 17.0 Å². The zero-order valence-electron chi connectivity index (χ0n) is 10.0. The molecule has 0 fully saturated rings. The lowest BCUT2D eigenvalue weighted by atomic mass is 10.3. The number of para-hydroxylation sites is 1. The fourth-order valence-electron chi connectivity index (χ4n) is 1.60. The van der Waals surface area contributed by atoms with Crippen LogP contribution in [0.1, 0.15) is 0 Å². The highest BCUT2D eigenvalue weighted by Crippen LogP contribution is 2.11. The molecule has 0 radical (unpaired) electrons. The van der Waals surface area contributed by atoms with Gasteiger partial charge in [0.1, 0.15) is 37.4 Å². The topological polar surface area (TPSA) is 90.4 Å². The van der Waals surface area contributed by atoms with Crippen LogP contribution in [0, 0.1) is 10.1 Å². The zero-order chi connectivity index (χ0) is 13.7. The minimum atomic E-state index is -0.854. The maximum absolute atomic E-state index is 10.7. The van der Waals surface area contributed by atoms with Crippen LogP contribution in [0.5, 0.6) is 5.75 Å². The van der Waals surface area contributed by atoms with E-state index in [4.69, 9.17) is 4.74 Å². The van der Waals surface area contributed by atoms with Gasteiger partial charge in [-0.25, -0.2) is 4.57 Å². The predicted molar refractivity (Wildman–Crippen MR) is 66.8 cm³/mol. The van der Waals surface area contributed by atoms with Gasteiger partial charge in [0.2, 0.25) is 0 Å². The molecule has 2 rings (SSSR count). The van der Waals surface area contributed by atoms with Crippen LogP contribution >= 0.6 is 0 Å². The van der Waals surface area contributed by atoms with Gasteiger partial charge in [0.15, 0.2) is 0 Å². The van der Waals surface area contributed by atoms with Crippen molar-refractivity contribution >= 4 is 5.95 Å². The number of aromatic nitrogens is 2. The number of rotatable bonds is 6. The summed E-state index contributed by atoms with van der Waals surface area (Å²) in [5.41, 5.74) is 0. The Labute approximate surface area is 109 Å². The molecule has 0 aliphatic heterocycles. The van der Waals surface area contributed by atoms with Gasteiger partial charge in [0.25, 0.3) is 0 Å². The molecule has 19 heavy (non-hydrogen) atoms. The maximum Gasteiger partial charge on any atom is 0.434 e. The summed E-state index contributed by atoms with van der Waals surface area (Å²) < 4.78 is 6.64. The summed E-state index contributed by atoms with van der Waals surface area (Å²) in [7, 11) is 0. The third-order valence-electron chi connectivity index (χ3n) is 2.45. The second-order valence-corrected chi connectivity index (χ2v) is 3.91. The molecule has 1 atom stereocenters. The summed E-state index contributed by atoms with van der Waals surface area (Å²) in [6.45, 7) is 0.114. The molecule has 0 aliphatic carbocycles. The Morgan fingerprint density at radius 1 is 1.42 bits per heavy atom. The average molecular weight is 263 g/mol. The molecule has 0 amide bonds. The Bertz CT molecular complexity index is 541. The van der Waals surface area contributed by atoms with Crippen LogP contribution in [0.4, 0.5) is 5.95 Å². The maximum atomic E-state index is 10.7. The molecule has 100 valence electrons. The minimum Gasteiger partial charge on any atom is -0.491 e. The van der Waals surface area contributed by atoms with Gasteiger partial charge in [-0.05, 0) is 17.1 Å². The van der Waals surface area contributed by atoms with Crippen molar-refractivity contribution in [2.45, 2.75) is 12.6 Å². The monoisotopic (exact) mass is 263 g/mol. The summed E-state index contributed by atoms with van der Waals surface area (Å²) >= 11 is 0. The van der Waals surface area contributed by atoms with Crippen molar-refractivity contribution in [2.75, 3.05) is 6.61 Å². The SMILES string of the molecule is O=[N+]([O-])c1nccn1CC(O)COc1ccccc1. The smallest absolute Gasteiger partial charge is 0.434 e. The Hall–Kier alpha value is -2.41. The molecule has 1 aromatic heterocycles. The highest BCUT2D eigenvalue weighted by Gasteiger charge is 2.17. The first kappa shape index (κ1) is 13.0. The molecule has 0 bridgehead atoms. The number of hydrogen-bond acceptors (Lipinski definition) is 5. The number of ether oxygens (including phenoxy) is 1. The van der Waals surface area contributed by atoms with Crippen LogP contribution in [-0.4, -0.2) is 32.3 Å². The Morgan fingerprint density at radius 3 is 2.84 bits per heavy atom. The van der Waals surface area contributed by atoms with Crippen molar-refractivity contribution in [2.24, 2.45) is 0 Å². The largest absolute Gasteiger partial charge is 0.491 e. The fourth-order valence-corrected chi connectivity index (χ4v) is 1.60. The van der Waals surface area contributed by atoms with E-state index in [0.29, 0.717) is 5.75 Å². The van der Waals surface area contributed by atoms with E-state index in [2.05, 4.69) is 4.98 Å². The minimum absolute atomic E-state index is 0.0549. The van der Waals surface area contributed by atoms with Crippen molar-refractivity contribution in [3.05, 3.63) is 52.8 Å². The molecule has 0 spiro atoms. The normalized spacial score (nSPS) is 12.1. The first-order valence-corrected chi connectivity index (χ1v) is 5.68. The molecule has 1 N–H and O–H groups in total. The second-order valence-electron chi connectivity index (χ2n) is 3.91. The van der Waals surface area contributed by atoms with Crippen LogP contribution in [0.2, 0.25) is 0 Å². The standard InChI is InChI=1S/C12H13N3O4/c16-10(9-19-11-4-2-1-3-5-11)8-14-7-6-13-12(14)15(17)18/h1-7,10,16H,8-9H2. The molecule has 1 unspecified atom stereocenters. The van der Waals surface area contributed by atoms with E-state index >= 15 is 0 Å². The van der Waals surface area contributed by atoms with E-state index in [0.717, 1.165) is 0 Å². The van der Waals surface area contributed by atoms with Crippen molar-refractivity contribution < 1.29 is 14.8 Å². The lowest BCUT2D eigenvalue weighted by molar-refractivity contribution is -0.397. The first-order valence-electron chi connectivity index (χ1n) is 5.68. The zero-order valence-corrected chi connectivity index (χ0v) is 10.0. The van der Waals surface area contributed by atoms with Crippen molar-refractivity contribution in [1.29, 1.82) is 0 Å². The lowest BCUT2D eigenvalue weighted by Crippen LogP contribution is -2.23. The number of benzene rings is 1. The molecule has 2 aromatic rings. The number of nitrogens with zero attached hydrogens (tertiary/aromatic N) is 3. The first-order chi connectivity index (χ1) is 9.16. The Kier molecular flexibility index (Phi) is 4.09. The highest BCUT2D eigenvalue weighted by molar-refractivity contribution is 5.20. The van der Waals surface area contributed by atoms with Gasteiger partial charge < -0.3 is 20.0 Å². The van der Waals surface area contributed by atoms with Gasteiger partial charge in [0, 0.05) is 0 Å². The number of imidazole rings is 1. The summed E-state index contributed by atoms with van der Waals surface area (Å²) in [4.78, 5) is 13.7. The molecule has 0 saturated carbocycles. The number of hydrogen-bond donors (Lipinski definition) is 1. The van der Waals surface area contributed by atoms with E-state index in [9.17, 15) is 15.2 Å². The summed E-state index contributed by atoms with van der Waals surface area (Å²) in [6.07, 6.45) is 1.92. The van der Waals surface area contributed by atoms with E-state index < -0.39 is 11.0 Å². The molecule has 7 heteroatoms. The fraction of sp³-hybridized carbons (Fsp3) is 0.250. The number of aliphatic hydroxyl groups is 1. The van der Waals surface area contributed by atoms with Crippen LogP contribution in [0.3, 0.4) is 0 Å². The molecule has 7 nitrogen and oxygen atoms in total. The van der Waals surface area contributed by atoms with Gasteiger partial charge in [-0.1, -0.05) is 23.2 Å². The second kappa shape index (κ2) is 5.96. The van der Waals surface area contributed by atoms with E-state index in [-0.39, 0.29) is 19.1 Å². The van der Waals surface area contributed by atoms with E-state index in [1.54, 1.807) is 12.1 Å². The Balaban J connectivity index is 1.89. The average Bonchev–Trinajstić information content (AvgIpc) is 2.86. The summed E-state index contributed by atoms with van der Waals surface area (Å²) in [5.74, 6) is 0.348. The molecule has 0 aliphatic rings. The van der Waals surface area contributed by atoms with Gasteiger partial charge in [-0.3, -0.25) is 0 Å². The van der Waals surface area contributed by atoms with Crippen LogP contribution in [0.15, 0.2) is 42.7 Å². The predicted octanol–water partition coefficient (Wildman–Crippen LogP) is 1.23. The van der Waals surface area contributed by atoms with Crippen LogP contribution in [0.25, 0.3) is 0 Å². The van der Waals surface area contributed by atoms with Gasteiger partial charge in [0.05, 0.1) is 0 Å². The molecule has 1 aromatic carbocycles. The van der Waals surface area contributed by atoms with Crippen LogP contribution in [-0.2, 0) is 6.54 Å². The van der Waals surface area contributed by atoms with Crippen LogP contribution < -0.4 is 4.74 Å². The highest BCUT2D eigenvalue weighted by atomic mass is 16.6. The van der Waals surface area contributed by atoms with Gasteiger partial charge in [-0.15, -0.1) is 0 Å². The van der Waals surface area contributed by atoms with Crippen molar-refractivity contribution in [3.63, 3.8) is 0 Å². The molecule has 0 saturated heterocycles. The van der Waals surface area contributed by atoms with E-state index in [1.807, 2.05) is 18.2 Å². The Morgan fingerprint density at radius 2 is 2.16 bits per heavy atom. The van der Waals surface area contributed by atoms with Gasteiger partial charge >= 0.3 is 5.95 Å². The lowest BCUT2D eigenvalue weighted by Gasteiger charge is -2.11. The van der Waals surface area contributed by atoms with Crippen molar-refractivity contribution in [3.8, 4) is 5.75 Å². The molecule has 1 heterocycles. The number of nitro groups is 1. The third-order valence-corrected chi connectivity index (χ3v) is 2.45. The van der Waals surface area contributed by atoms with Gasteiger partial charge in [-0.2, -0.15) is 0 Å². The number of aliphatic hydroxyl groups excluding tert-OH is 1. The molecular weight excluding hydrogens is 250 g/mol. The third kappa shape index (κ3) is 3.52.